The Morgan fingerprint density at radius 2 is 2.14 bits per heavy atom. The molecule has 112 valence electrons. The van der Waals surface area contributed by atoms with Gasteiger partial charge >= 0.3 is 0 Å². The molecule has 22 heavy (non-hydrogen) atoms. The Balaban J connectivity index is 1.72. The van der Waals surface area contributed by atoms with Crippen molar-refractivity contribution in [3.63, 3.8) is 0 Å². The highest BCUT2D eigenvalue weighted by atomic mass is 32.2. The van der Waals surface area contributed by atoms with Crippen molar-refractivity contribution in [2.75, 3.05) is 12.9 Å². The summed E-state index contributed by atoms with van der Waals surface area (Å²) in [5, 5.41) is 0.882. The van der Waals surface area contributed by atoms with Crippen molar-refractivity contribution in [3.05, 3.63) is 42.5 Å². The lowest BCUT2D eigenvalue weighted by Crippen LogP contribution is -2.18. The summed E-state index contributed by atoms with van der Waals surface area (Å²) in [6.07, 6.45) is 5.00. The van der Waals surface area contributed by atoms with Crippen molar-refractivity contribution >= 4 is 22.9 Å². The molecular formula is C15H14N4O2S. The van der Waals surface area contributed by atoms with E-state index in [1.54, 1.807) is 18.1 Å². The van der Waals surface area contributed by atoms with E-state index in [0.29, 0.717) is 18.9 Å². The molecule has 0 N–H and O–H groups in total. The smallest absolute Gasteiger partial charge is 0.182 e. The first-order chi connectivity index (χ1) is 10.9. The predicted molar refractivity (Wildman–Crippen MR) is 82.9 cm³/mol. The summed E-state index contributed by atoms with van der Waals surface area (Å²) in [7, 11) is 0. The second-order valence-electron chi connectivity index (χ2n) is 4.89. The Hall–Kier alpha value is -2.12. The first-order valence-electron chi connectivity index (χ1n) is 6.90. The van der Waals surface area contributed by atoms with Crippen LogP contribution in [0.5, 0.6) is 5.75 Å². The van der Waals surface area contributed by atoms with Crippen molar-refractivity contribution in [2.24, 2.45) is 0 Å². The fourth-order valence-electron chi connectivity index (χ4n) is 2.54. The molecule has 1 aliphatic heterocycles. The molecule has 0 radical (unpaired) electrons. The van der Waals surface area contributed by atoms with Crippen LogP contribution in [-0.2, 0) is 11.3 Å². The van der Waals surface area contributed by atoms with Crippen LogP contribution < -0.4 is 4.74 Å². The molecule has 1 aromatic carbocycles. The fraction of sp³-hybridized carbons (Fsp3) is 0.267. The molecule has 0 aliphatic carbocycles. The van der Waals surface area contributed by atoms with E-state index >= 15 is 0 Å². The van der Waals surface area contributed by atoms with Crippen molar-refractivity contribution in [1.82, 2.24) is 19.5 Å². The van der Waals surface area contributed by atoms with Gasteiger partial charge in [0.25, 0.3) is 0 Å². The van der Waals surface area contributed by atoms with Gasteiger partial charge in [-0.15, -0.1) is 11.8 Å². The first kappa shape index (κ1) is 13.5. The summed E-state index contributed by atoms with van der Waals surface area (Å²) in [4.78, 5) is 12.9. The van der Waals surface area contributed by atoms with Gasteiger partial charge in [0.1, 0.15) is 35.6 Å². The van der Waals surface area contributed by atoms with Crippen LogP contribution >= 0.6 is 11.8 Å². The van der Waals surface area contributed by atoms with Gasteiger partial charge in [0.05, 0.1) is 6.61 Å². The largest absolute Gasteiger partial charge is 0.488 e. The third-order valence-corrected chi connectivity index (χ3v) is 4.31. The number of fused-ring (bicyclic) bond motifs is 2. The highest BCUT2D eigenvalue weighted by Crippen LogP contribution is 2.30. The van der Waals surface area contributed by atoms with Gasteiger partial charge in [0.2, 0.25) is 0 Å². The molecule has 6 nitrogen and oxygen atoms in total. The quantitative estimate of drug-likeness (QED) is 0.535. The summed E-state index contributed by atoms with van der Waals surface area (Å²) in [6, 6.07) is 7.92. The van der Waals surface area contributed by atoms with Gasteiger partial charge in [-0.2, -0.15) is 0 Å². The average molecular weight is 314 g/mol. The Morgan fingerprint density at radius 1 is 1.23 bits per heavy atom. The van der Waals surface area contributed by atoms with Crippen LogP contribution in [0, 0.1) is 0 Å². The zero-order valence-electron chi connectivity index (χ0n) is 12.0. The molecule has 7 heteroatoms. The maximum Gasteiger partial charge on any atom is 0.182 e. The topological polar surface area (TPSA) is 62.1 Å². The van der Waals surface area contributed by atoms with Crippen LogP contribution in [0.2, 0.25) is 0 Å². The van der Waals surface area contributed by atoms with Gasteiger partial charge in [0.15, 0.2) is 11.9 Å². The third-order valence-electron chi connectivity index (χ3n) is 3.62. The summed E-state index contributed by atoms with van der Waals surface area (Å²) >= 11 is 1.57. The fourth-order valence-corrected chi connectivity index (χ4v) is 3.08. The molecule has 3 aromatic rings. The average Bonchev–Trinajstić information content (AvgIpc) is 2.88. The molecule has 1 unspecified atom stereocenters. The number of hydrogen-bond donors (Lipinski definition) is 0. The summed E-state index contributed by atoms with van der Waals surface area (Å²) < 4.78 is 13.9. The van der Waals surface area contributed by atoms with Crippen LogP contribution in [0.3, 0.4) is 0 Å². The van der Waals surface area contributed by atoms with Gasteiger partial charge in [-0.25, -0.2) is 15.0 Å². The maximum atomic E-state index is 6.01. The van der Waals surface area contributed by atoms with Crippen molar-refractivity contribution in [1.29, 1.82) is 0 Å². The zero-order chi connectivity index (χ0) is 14.9. The van der Waals surface area contributed by atoms with Crippen molar-refractivity contribution in [2.45, 2.75) is 17.9 Å². The van der Waals surface area contributed by atoms with E-state index < -0.39 is 0 Å². The minimum atomic E-state index is -0.255. The van der Waals surface area contributed by atoms with Crippen LogP contribution in [0.15, 0.2) is 41.9 Å². The number of hydrogen-bond acceptors (Lipinski definition) is 6. The van der Waals surface area contributed by atoms with E-state index in [9.17, 15) is 0 Å². The maximum absolute atomic E-state index is 6.01. The highest BCUT2D eigenvalue weighted by molar-refractivity contribution is 7.98. The van der Waals surface area contributed by atoms with Crippen molar-refractivity contribution < 1.29 is 9.47 Å². The number of ether oxygens (including phenoxy) is 2. The predicted octanol–water partition coefficient (Wildman–Crippen LogP) is 2.66. The molecular weight excluding hydrogens is 300 g/mol. The minimum absolute atomic E-state index is 0.255. The molecule has 1 atom stereocenters. The molecule has 2 aromatic heterocycles. The normalized spacial score (nSPS) is 17.8. The standard InChI is InChI=1S/C15H14N4O2S/c1-22-15-13-14(16-8-17-15)18-9-19(13)12-7-20-11-5-3-2-4-10(11)6-21-12/h2-5,8-9,12H,6-7H2,1H3. The monoisotopic (exact) mass is 314 g/mol. The molecule has 0 amide bonds. The number of benzene rings is 1. The minimum Gasteiger partial charge on any atom is -0.488 e. The molecule has 0 bridgehead atoms. The summed E-state index contributed by atoms with van der Waals surface area (Å²) in [6.45, 7) is 0.925. The third kappa shape index (κ3) is 2.22. The Labute approximate surface area is 131 Å². The number of para-hydroxylation sites is 1. The second-order valence-corrected chi connectivity index (χ2v) is 5.69. The number of nitrogens with zero attached hydrogens (tertiary/aromatic N) is 4. The van der Waals surface area contributed by atoms with E-state index in [2.05, 4.69) is 15.0 Å². The number of imidazole rings is 1. The Kier molecular flexibility index (Phi) is 3.44. The van der Waals surface area contributed by atoms with E-state index in [4.69, 9.17) is 9.47 Å². The number of rotatable bonds is 2. The Morgan fingerprint density at radius 3 is 3.05 bits per heavy atom. The molecule has 4 rings (SSSR count). The van der Waals surface area contributed by atoms with Gasteiger partial charge in [0, 0.05) is 5.56 Å². The molecule has 0 saturated heterocycles. The molecule has 0 fully saturated rings. The zero-order valence-corrected chi connectivity index (χ0v) is 12.8. The van der Waals surface area contributed by atoms with E-state index in [-0.39, 0.29) is 6.23 Å². The van der Waals surface area contributed by atoms with Crippen LogP contribution in [0.25, 0.3) is 11.2 Å². The highest BCUT2D eigenvalue weighted by Gasteiger charge is 2.22. The SMILES string of the molecule is CSc1ncnc2ncn(C3COc4ccccc4CO3)c12. The van der Waals surface area contributed by atoms with Gasteiger partial charge in [-0.1, -0.05) is 18.2 Å². The van der Waals surface area contributed by atoms with E-state index in [1.807, 2.05) is 35.1 Å². The lowest BCUT2D eigenvalue weighted by Gasteiger charge is -2.17. The lowest BCUT2D eigenvalue weighted by atomic mass is 10.2. The molecule has 3 heterocycles. The lowest BCUT2D eigenvalue weighted by molar-refractivity contribution is -0.0236. The molecule has 0 saturated carbocycles. The van der Waals surface area contributed by atoms with E-state index in [0.717, 1.165) is 21.9 Å². The van der Waals surface area contributed by atoms with E-state index in [1.165, 1.54) is 6.33 Å². The van der Waals surface area contributed by atoms with Crippen molar-refractivity contribution in [3.8, 4) is 5.75 Å². The Bertz CT molecular complexity index is 793. The van der Waals surface area contributed by atoms with Gasteiger partial charge in [-0.05, 0) is 12.3 Å². The van der Waals surface area contributed by atoms with Gasteiger partial charge in [-0.3, -0.25) is 4.57 Å². The molecule has 0 spiro atoms. The van der Waals surface area contributed by atoms with Crippen LogP contribution in [0.1, 0.15) is 11.8 Å². The number of thioether (sulfide) groups is 1. The summed E-state index contributed by atoms with van der Waals surface area (Å²) in [5.74, 6) is 0.871. The second kappa shape index (κ2) is 5.58. The molecule has 1 aliphatic rings. The number of aromatic nitrogens is 4. The van der Waals surface area contributed by atoms with Crippen LogP contribution in [0.4, 0.5) is 0 Å². The van der Waals surface area contributed by atoms with Gasteiger partial charge < -0.3 is 9.47 Å². The summed E-state index contributed by atoms with van der Waals surface area (Å²) in [5.41, 5.74) is 2.61. The first-order valence-corrected chi connectivity index (χ1v) is 8.13. The van der Waals surface area contributed by atoms with Crippen LogP contribution in [-0.4, -0.2) is 32.4 Å².